The van der Waals surface area contributed by atoms with Crippen molar-refractivity contribution in [3.8, 4) is 0 Å². The fraction of sp³-hybridized carbons (Fsp3) is 0.571. The summed E-state index contributed by atoms with van der Waals surface area (Å²) < 4.78 is 12.6. The van der Waals surface area contributed by atoms with Gasteiger partial charge in [0.25, 0.3) is 0 Å². The summed E-state index contributed by atoms with van der Waals surface area (Å²) in [6, 6.07) is 8.32. The lowest BCUT2D eigenvalue weighted by Gasteiger charge is -2.22. The van der Waals surface area contributed by atoms with E-state index < -0.39 is 0 Å². The van der Waals surface area contributed by atoms with Crippen molar-refractivity contribution in [3.63, 3.8) is 0 Å². The molecule has 1 aromatic carbocycles. The van der Waals surface area contributed by atoms with Crippen LogP contribution in [0.25, 0.3) is 0 Å². The molecule has 1 N–H and O–H groups in total. The molecule has 1 aromatic rings. The molecule has 0 amide bonds. The van der Waals surface area contributed by atoms with Crippen LogP contribution in [0.1, 0.15) is 25.0 Å². The standard InChI is InChI=1S/C14H20BrNO2/c1-2-16-9-14(18-13-6-7-17-10-13)11-4-3-5-12(15)8-11/h3-5,8,13-14,16H,2,6-7,9-10H2,1H3. The average Bonchev–Trinajstić information content (AvgIpc) is 2.87. The summed E-state index contributed by atoms with van der Waals surface area (Å²) in [5.41, 5.74) is 1.21. The zero-order valence-electron chi connectivity index (χ0n) is 10.7. The highest BCUT2D eigenvalue weighted by Crippen LogP contribution is 2.24. The second kappa shape index (κ2) is 7.24. The number of nitrogens with one attached hydrogen (secondary N) is 1. The molecule has 0 bridgehead atoms. The van der Waals surface area contributed by atoms with Crippen molar-refractivity contribution < 1.29 is 9.47 Å². The minimum Gasteiger partial charge on any atom is -0.379 e. The molecule has 4 heteroatoms. The first-order valence-electron chi connectivity index (χ1n) is 6.49. The lowest BCUT2D eigenvalue weighted by atomic mass is 10.1. The SMILES string of the molecule is CCNCC(OC1CCOC1)c1cccc(Br)c1. The Balaban J connectivity index is 2.03. The van der Waals surface area contributed by atoms with Gasteiger partial charge >= 0.3 is 0 Å². The molecule has 2 unspecified atom stereocenters. The molecule has 0 saturated carbocycles. The Hall–Kier alpha value is -0.420. The van der Waals surface area contributed by atoms with Crippen molar-refractivity contribution in [2.24, 2.45) is 0 Å². The third-order valence-corrected chi connectivity index (χ3v) is 3.54. The maximum Gasteiger partial charge on any atom is 0.0954 e. The van der Waals surface area contributed by atoms with E-state index in [4.69, 9.17) is 9.47 Å². The second-order valence-electron chi connectivity index (χ2n) is 4.47. The van der Waals surface area contributed by atoms with Crippen molar-refractivity contribution in [2.75, 3.05) is 26.3 Å². The van der Waals surface area contributed by atoms with Gasteiger partial charge in [0.2, 0.25) is 0 Å². The van der Waals surface area contributed by atoms with Crippen molar-refractivity contribution in [1.82, 2.24) is 5.32 Å². The first kappa shape index (κ1) is 14.0. The molecule has 0 aliphatic carbocycles. The molecular weight excluding hydrogens is 294 g/mol. The molecule has 100 valence electrons. The molecule has 1 fully saturated rings. The highest BCUT2D eigenvalue weighted by atomic mass is 79.9. The lowest BCUT2D eigenvalue weighted by Crippen LogP contribution is -2.27. The molecule has 1 heterocycles. The molecule has 18 heavy (non-hydrogen) atoms. The fourth-order valence-corrected chi connectivity index (χ4v) is 2.50. The molecule has 0 aromatic heterocycles. The van der Waals surface area contributed by atoms with E-state index in [1.54, 1.807) is 0 Å². The van der Waals surface area contributed by atoms with Crippen LogP contribution in [-0.2, 0) is 9.47 Å². The molecule has 0 radical (unpaired) electrons. The van der Waals surface area contributed by atoms with Crippen LogP contribution in [-0.4, -0.2) is 32.4 Å². The van der Waals surface area contributed by atoms with Crippen LogP contribution in [0.2, 0.25) is 0 Å². The Morgan fingerprint density at radius 3 is 3.11 bits per heavy atom. The van der Waals surface area contributed by atoms with Crippen molar-refractivity contribution in [2.45, 2.75) is 25.6 Å². The number of hydrogen-bond acceptors (Lipinski definition) is 3. The highest BCUT2D eigenvalue weighted by Gasteiger charge is 2.22. The van der Waals surface area contributed by atoms with E-state index in [1.165, 1.54) is 5.56 Å². The van der Waals surface area contributed by atoms with Crippen LogP contribution < -0.4 is 5.32 Å². The lowest BCUT2D eigenvalue weighted by molar-refractivity contribution is -0.0162. The van der Waals surface area contributed by atoms with E-state index in [0.29, 0.717) is 0 Å². The van der Waals surface area contributed by atoms with Crippen molar-refractivity contribution in [1.29, 1.82) is 0 Å². The van der Waals surface area contributed by atoms with Crippen LogP contribution in [0.3, 0.4) is 0 Å². The zero-order chi connectivity index (χ0) is 12.8. The van der Waals surface area contributed by atoms with Crippen molar-refractivity contribution in [3.05, 3.63) is 34.3 Å². The monoisotopic (exact) mass is 313 g/mol. The third kappa shape index (κ3) is 4.05. The topological polar surface area (TPSA) is 30.5 Å². The van der Waals surface area contributed by atoms with E-state index >= 15 is 0 Å². The van der Waals surface area contributed by atoms with Gasteiger partial charge in [-0.3, -0.25) is 0 Å². The van der Waals surface area contributed by atoms with Crippen molar-refractivity contribution >= 4 is 15.9 Å². The van der Waals surface area contributed by atoms with Gasteiger partial charge in [0.1, 0.15) is 0 Å². The zero-order valence-corrected chi connectivity index (χ0v) is 12.3. The Kier molecular flexibility index (Phi) is 5.63. The maximum atomic E-state index is 6.15. The minimum absolute atomic E-state index is 0.0918. The van der Waals surface area contributed by atoms with Gasteiger partial charge in [-0.15, -0.1) is 0 Å². The van der Waals surface area contributed by atoms with Gasteiger partial charge in [0.15, 0.2) is 0 Å². The number of hydrogen-bond donors (Lipinski definition) is 1. The van der Waals surface area contributed by atoms with Gasteiger partial charge in [0, 0.05) is 17.6 Å². The largest absolute Gasteiger partial charge is 0.379 e. The average molecular weight is 314 g/mol. The second-order valence-corrected chi connectivity index (χ2v) is 5.39. The van der Waals surface area contributed by atoms with Crippen LogP contribution >= 0.6 is 15.9 Å². The first-order chi connectivity index (χ1) is 8.79. The predicted molar refractivity (Wildman–Crippen MR) is 75.7 cm³/mol. The normalized spacial score (nSPS) is 21.1. The van der Waals surface area contributed by atoms with Gasteiger partial charge < -0.3 is 14.8 Å². The molecule has 0 spiro atoms. The maximum absolute atomic E-state index is 6.15. The number of ether oxygens (including phenoxy) is 2. The van der Waals surface area contributed by atoms with E-state index in [1.807, 2.05) is 12.1 Å². The Morgan fingerprint density at radius 2 is 2.44 bits per heavy atom. The van der Waals surface area contributed by atoms with E-state index in [0.717, 1.165) is 37.2 Å². The number of likely N-dealkylation sites (N-methyl/N-ethyl adjacent to an activating group) is 1. The fourth-order valence-electron chi connectivity index (χ4n) is 2.08. The molecule has 2 rings (SSSR count). The summed E-state index contributed by atoms with van der Waals surface area (Å²) >= 11 is 3.51. The van der Waals surface area contributed by atoms with Crippen LogP contribution in [0.5, 0.6) is 0 Å². The smallest absolute Gasteiger partial charge is 0.0954 e. The Labute approximate surface area is 117 Å². The minimum atomic E-state index is 0.0918. The van der Waals surface area contributed by atoms with Gasteiger partial charge in [-0.2, -0.15) is 0 Å². The van der Waals surface area contributed by atoms with Crippen LogP contribution in [0, 0.1) is 0 Å². The van der Waals surface area contributed by atoms with Crippen LogP contribution in [0.15, 0.2) is 28.7 Å². The molecule has 3 nitrogen and oxygen atoms in total. The highest BCUT2D eigenvalue weighted by molar-refractivity contribution is 9.10. The molecule has 1 aliphatic heterocycles. The summed E-state index contributed by atoms with van der Waals surface area (Å²) in [5.74, 6) is 0. The van der Waals surface area contributed by atoms with Gasteiger partial charge in [-0.1, -0.05) is 35.0 Å². The summed E-state index contributed by atoms with van der Waals surface area (Å²) in [5, 5.41) is 3.36. The summed E-state index contributed by atoms with van der Waals surface area (Å²) in [4.78, 5) is 0. The van der Waals surface area contributed by atoms with E-state index in [2.05, 4.69) is 40.3 Å². The quantitative estimate of drug-likeness (QED) is 0.876. The Bertz CT molecular complexity index is 367. The molecule has 1 saturated heterocycles. The number of halogens is 1. The molecular formula is C14H20BrNO2. The van der Waals surface area contributed by atoms with E-state index in [9.17, 15) is 0 Å². The predicted octanol–water partition coefficient (Wildman–Crippen LogP) is 2.91. The van der Waals surface area contributed by atoms with Gasteiger partial charge in [-0.25, -0.2) is 0 Å². The molecule has 2 atom stereocenters. The van der Waals surface area contributed by atoms with Crippen LogP contribution in [0.4, 0.5) is 0 Å². The number of benzene rings is 1. The third-order valence-electron chi connectivity index (χ3n) is 3.04. The summed E-state index contributed by atoms with van der Waals surface area (Å²) in [7, 11) is 0. The summed E-state index contributed by atoms with van der Waals surface area (Å²) in [6.45, 7) is 5.43. The number of rotatable bonds is 6. The first-order valence-corrected chi connectivity index (χ1v) is 7.28. The summed E-state index contributed by atoms with van der Waals surface area (Å²) in [6.07, 6.45) is 1.32. The van der Waals surface area contributed by atoms with Gasteiger partial charge in [-0.05, 0) is 30.7 Å². The van der Waals surface area contributed by atoms with E-state index in [-0.39, 0.29) is 12.2 Å². The molecule has 1 aliphatic rings. The van der Waals surface area contributed by atoms with Gasteiger partial charge in [0.05, 0.1) is 18.8 Å². The Morgan fingerprint density at radius 1 is 1.56 bits per heavy atom.